The highest BCUT2D eigenvalue weighted by Crippen LogP contribution is 2.30. The van der Waals surface area contributed by atoms with Gasteiger partial charge in [-0.2, -0.15) is 0 Å². The van der Waals surface area contributed by atoms with Crippen LogP contribution in [0.4, 0.5) is 0 Å². The number of hydrogen-bond donors (Lipinski definition) is 1. The van der Waals surface area contributed by atoms with E-state index < -0.39 is 5.97 Å². The number of thiophene rings is 1. The average Bonchev–Trinajstić information content (AvgIpc) is 3.44. The Balaban J connectivity index is 1.19. The molecule has 0 bridgehead atoms. The summed E-state index contributed by atoms with van der Waals surface area (Å²) in [5, 5.41) is 11.6. The van der Waals surface area contributed by atoms with E-state index in [0.29, 0.717) is 18.1 Å². The third-order valence-electron chi connectivity index (χ3n) is 7.87. The fraction of sp³-hybridized carbons (Fsp3) is 0.343. The highest BCUT2D eigenvalue weighted by Gasteiger charge is 2.19. The zero-order valence-corrected chi connectivity index (χ0v) is 24.4. The van der Waals surface area contributed by atoms with Gasteiger partial charge in [0.25, 0.3) is 0 Å². The minimum Gasteiger partial charge on any atom is -0.489 e. The predicted octanol–water partition coefficient (Wildman–Crippen LogP) is 8.93. The second kappa shape index (κ2) is 13.3. The fourth-order valence-corrected chi connectivity index (χ4v) is 6.67. The first-order valence-electron chi connectivity index (χ1n) is 14.5. The first kappa shape index (κ1) is 28.1. The van der Waals surface area contributed by atoms with E-state index >= 15 is 0 Å². The number of carboxylic acid groups (broad SMARTS) is 1. The normalized spacial score (nSPS) is 13.4. The van der Waals surface area contributed by atoms with Crippen LogP contribution in [0.1, 0.15) is 82.9 Å². The predicted molar refractivity (Wildman–Crippen MR) is 164 cm³/mol. The lowest BCUT2D eigenvalue weighted by atomic mass is 9.90. The molecular formula is C35H39NO3S. The third kappa shape index (κ3) is 7.01. The van der Waals surface area contributed by atoms with E-state index in [9.17, 15) is 9.90 Å². The Morgan fingerprint density at radius 2 is 1.75 bits per heavy atom. The minimum absolute atomic E-state index is 0.368. The van der Waals surface area contributed by atoms with E-state index in [4.69, 9.17) is 4.74 Å². The molecule has 4 aromatic rings. The number of carboxylic acids is 1. The van der Waals surface area contributed by atoms with Gasteiger partial charge in [0.05, 0.1) is 5.56 Å². The largest absolute Gasteiger partial charge is 0.489 e. The van der Waals surface area contributed by atoms with Gasteiger partial charge in [0, 0.05) is 24.5 Å². The van der Waals surface area contributed by atoms with Crippen molar-refractivity contribution < 1.29 is 14.6 Å². The van der Waals surface area contributed by atoms with Crippen molar-refractivity contribution in [3.05, 3.63) is 111 Å². The van der Waals surface area contributed by atoms with Gasteiger partial charge < -0.3 is 9.84 Å². The summed E-state index contributed by atoms with van der Waals surface area (Å²) in [5.74, 6) is 0.695. The SMILES string of the molecule is CCCC(CCC)c1ccc(OCc2cccc(-c3csc(CN4CCc5ccc(C(=O)O)cc5C4)c3)c2)cc1. The lowest BCUT2D eigenvalue weighted by Gasteiger charge is -2.28. The molecule has 0 fully saturated rings. The summed E-state index contributed by atoms with van der Waals surface area (Å²) in [6.07, 6.45) is 5.87. The monoisotopic (exact) mass is 553 g/mol. The quantitative estimate of drug-likeness (QED) is 0.190. The molecule has 2 heterocycles. The van der Waals surface area contributed by atoms with Gasteiger partial charge in [0.1, 0.15) is 12.4 Å². The molecular weight excluding hydrogens is 514 g/mol. The Morgan fingerprint density at radius 3 is 2.50 bits per heavy atom. The number of benzene rings is 3. The molecule has 0 aliphatic carbocycles. The summed E-state index contributed by atoms with van der Waals surface area (Å²) in [7, 11) is 0. The molecule has 3 aromatic carbocycles. The molecule has 40 heavy (non-hydrogen) atoms. The third-order valence-corrected chi connectivity index (χ3v) is 8.79. The van der Waals surface area contributed by atoms with Gasteiger partial charge >= 0.3 is 5.97 Å². The number of aromatic carboxylic acids is 1. The smallest absolute Gasteiger partial charge is 0.335 e. The second-order valence-corrected chi connectivity index (χ2v) is 11.9. The molecule has 0 radical (unpaired) electrons. The van der Waals surface area contributed by atoms with E-state index in [0.717, 1.165) is 42.9 Å². The fourth-order valence-electron chi connectivity index (χ4n) is 5.74. The highest BCUT2D eigenvalue weighted by atomic mass is 32.1. The Labute approximate surface area is 242 Å². The van der Waals surface area contributed by atoms with Crippen molar-refractivity contribution in [2.75, 3.05) is 6.54 Å². The Bertz CT molecular complexity index is 1420. The van der Waals surface area contributed by atoms with E-state index in [-0.39, 0.29) is 0 Å². The first-order chi connectivity index (χ1) is 19.5. The molecule has 1 N–H and O–H groups in total. The van der Waals surface area contributed by atoms with Crippen LogP contribution in [0.15, 0.2) is 78.2 Å². The highest BCUT2D eigenvalue weighted by molar-refractivity contribution is 7.10. The van der Waals surface area contributed by atoms with Crippen molar-refractivity contribution in [1.82, 2.24) is 4.90 Å². The topological polar surface area (TPSA) is 49.8 Å². The van der Waals surface area contributed by atoms with E-state index in [2.05, 4.69) is 78.7 Å². The van der Waals surface area contributed by atoms with Crippen LogP contribution < -0.4 is 4.74 Å². The lowest BCUT2D eigenvalue weighted by molar-refractivity contribution is 0.0696. The van der Waals surface area contributed by atoms with Crippen LogP contribution in [0.3, 0.4) is 0 Å². The van der Waals surface area contributed by atoms with Crippen molar-refractivity contribution in [1.29, 1.82) is 0 Å². The standard InChI is InChI=1S/C35H39NO3S/c1-3-6-26(7-4-2)27-12-14-33(15-13-27)39-23-25-8-5-9-29(18-25)32-20-34(40-24-32)22-36-17-16-28-10-11-30(35(37)38)19-31(28)21-36/h5,8-15,18-20,24,26H,3-4,6-7,16-17,21-23H2,1-2H3,(H,37,38). The molecule has 0 saturated carbocycles. The molecule has 5 heteroatoms. The van der Waals surface area contributed by atoms with Crippen molar-refractivity contribution >= 4 is 17.3 Å². The molecule has 0 unspecified atom stereocenters. The molecule has 1 aliphatic heterocycles. The van der Waals surface area contributed by atoms with Crippen LogP contribution in [0.2, 0.25) is 0 Å². The molecule has 5 rings (SSSR count). The maximum atomic E-state index is 11.4. The van der Waals surface area contributed by atoms with Crippen molar-refractivity contribution in [2.24, 2.45) is 0 Å². The Hall–Kier alpha value is -3.41. The zero-order valence-electron chi connectivity index (χ0n) is 23.6. The van der Waals surface area contributed by atoms with E-state index in [1.54, 1.807) is 17.4 Å². The van der Waals surface area contributed by atoms with Crippen LogP contribution in [-0.2, 0) is 26.1 Å². The summed E-state index contributed by atoms with van der Waals surface area (Å²) >= 11 is 1.79. The summed E-state index contributed by atoms with van der Waals surface area (Å²) in [6.45, 7) is 7.71. The molecule has 1 aromatic heterocycles. The number of hydrogen-bond acceptors (Lipinski definition) is 4. The summed E-state index contributed by atoms with van der Waals surface area (Å²) in [4.78, 5) is 15.1. The van der Waals surface area contributed by atoms with E-state index in [1.807, 2.05) is 12.1 Å². The minimum atomic E-state index is -0.865. The summed E-state index contributed by atoms with van der Waals surface area (Å²) in [6, 6.07) is 25.1. The number of ether oxygens (including phenoxy) is 1. The molecule has 0 amide bonds. The van der Waals surface area contributed by atoms with Crippen LogP contribution >= 0.6 is 11.3 Å². The van der Waals surface area contributed by atoms with Crippen LogP contribution in [0, 0.1) is 0 Å². The van der Waals surface area contributed by atoms with Gasteiger partial charge in [-0.25, -0.2) is 4.79 Å². The van der Waals surface area contributed by atoms with Crippen LogP contribution in [0.25, 0.3) is 11.1 Å². The molecule has 0 saturated heterocycles. The Kier molecular flexibility index (Phi) is 9.35. The number of fused-ring (bicyclic) bond motifs is 1. The molecule has 0 atom stereocenters. The maximum Gasteiger partial charge on any atom is 0.335 e. The molecule has 208 valence electrons. The molecule has 0 spiro atoms. The zero-order chi connectivity index (χ0) is 27.9. The first-order valence-corrected chi connectivity index (χ1v) is 15.4. The van der Waals surface area contributed by atoms with E-state index in [1.165, 1.54) is 52.8 Å². The second-order valence-electron chi connectivity index (χ2n) is 10.9. The average molecular weight is 554 g/mol. The number of carbonyl (C=O) groups is 1. The van der Waals surface area contributed by atoms with Crippen LogP contribution in [-0.4, -0.2) is 22.5 Å². The molecule has 1 aliphatic rings. The van der Waals surface area contributed by atoms with Gasteiger partial charge in [-0.1, -0.05) is 63.1 Å². The van der Waals surface area contributed by atoms with Gasteiger partial charge in [-0.05, 0) is 100 Å². The van der Waals surface area contributed by atoms with Crippen LogP contribution in [0.5, 0.6) is 5.75 Å². The summed E-state index contributed by atoms with van der Waals surface area (Å²) in [5.41, 5.74) is 7.78. The van der Waals surface area contributed by atoms with Gasteiger partial charge in [0.15, 0.2) is 0 Å². The van der Waals surface area contributed by atoms with Gasteiger partial charge in [0.2, 0.25) is 0 Å². The Morgan fingerprint density at radius 1 is 0.950 bits per heavy atom. The van der Waals surface area contributed by atoms with Crippen molar-refractivity contribution in [2.45, 2.75) is 71.6 Å². The maximum absolute atomic E-state index is 11.4. The van der Waals surface area contributed by atoms with Crippen molar-refractivity contribution in [3.63, 3.8) is 0 Å². The number of nitrogens with zero attached hydrogens (tertiary/aromatic N) is 1. The molecule has 4 nitrogen and oxygen atoms in total. The van der Waals surface area contributed by atoms with Gasteiger partial charge in [-0.15, -0.1) is 11.3 Å². The van der Waals surface area contributed by atoms with Gasteiger partial charge in [-0.3, -0.25) is 4.90 Å². The van der Waals surface area contributed by atoms with Crippen molar-refractivity contribution in [3.8, 4) is 16.9 Å². The number of rotatable bonds is 12. The summed E-state index contributed by atoms with van der Waals surface area (Å²) < 4.78 is 6.15. The lowest BCUT2D eigenvalue weighted by Crippen LogP contribution is -2.30.